The molecule has 0 aliphatic carbocycles. The van der Waals surface area contributed by atoms with Gasteiger partial charge in [-0.3, -0.25) is 0 Å². The number of hydrogen-bond donors (Lipinski definition) is 2. The van der Waals surface area contributed by atoms with E-state index in [1.165, 1.54) is 11.3 Å². The number of carbonyl (C=O) groups is 1. The van der Waals surface area contributed by atoms with Gasteiger partial charge in [0, 0.05) is 44.6 Å². The number of ether oxygens (including phenoxy) is 2. The maximum atomic E-state index is 12.8. The van der Waals surface area contributed by atoms with Crippen LogP contribution in [0.3, 0.4) is 0 Å². The summed E-state index contributed by atoms with van der Waals surface area (Å²) in [5, 5.41) is 5.96. The number of para-hydroxylation sites is 1. The van der Waals surface area contributed by atoms with Crippen LogP contribution in [0.5, 0.6) is 11.5 Å². The molecule has 1 aliphatic heterocycles. The molecule has 1 atom stereocenters. The van der Waals surface area contributed by atoms with Crippen LogP contribution in [-0.2, 0) is 6.42 Å². The highest BCUT2D eigenvalue weighted by atomic mass is 16.5. The molecule has 1 unspecified atom stereocenters. The van der Waals surface area contributed by atoms with Crippen molar-refractivity contribution in [1.29, 1.82) is 0 Å². The van der Waals surface area contributed by atoms with E-state index in [1.807, 2.05) is 14.1 Å². The Morgan fingerprint density at radius 1 is 1.03 bits per heavy atom. The Morgan fingerprint density at radius 2 is 1.79 bits per heavy atom. The maximum absolute atomic E-state index is 12.8. The Bertz CT molecular complexity index is 1130. The molecule has 0 spiro atoms. The van der Waals surface area contributed by atoms with E-state index in [1.54, 1.807) is 32.4 Å². The predicted molar refractivity (Wildman–Crippen MR) is 138 cm³/mol. The Hall–Kier alpha value is -3.87. The number of fused-ring (bicyclic) bond motifs is 1. The monoisotopic (exact) mass is 460 g/mol. The van der Waals surface area contributed by atoms with Crippen LogP contribution in [-0.4, -0.2) is 47.4 Å². The summed E-state index contributed by atoms with van der Waals surface area (Å²) in [6.45, 7) is 1.37. The molecule has 7 heteroatoms. The van der Waals surface area contributed by atoms with E-state index in [0.29, 0.717) is 23.7 Å². The number of nitrogens with one attached hydrogen (secondary N) is 2. The number of urea groups is 1. The lowest BCUT2D eigenvalue weighted by molar-refractivity contribution is 0.251. The first-order chi connectivity index (χ1) is 16.5. The molecule has 3 aromatic rings. The Labute approximate surface area is 201 Å². The van der Waals surface area contributed by atoms with Crippen LogP contribution in [0.1, 0.15) is 17.2 Å². The fourth-order valence-corrected chi connectivity index (χ4v) is 4.35. The molecule has 1 aliphatic rings. The van der Waals surface area contributed by atoms with Crippen molar-refractivity contribution in [3.63, 3.8) is 0 Å². The average molecular weight is 461 g/mol. The van der Waals surface area contributed by atoms with Crippen molar-refractivity contribution in [3.05, 3.63) is 77.9 Å². The van der Waals surface area contributed by atoms with Gasteiger partial charge >= 0.3 is 6.03 Å². The third-order valence-electron chi connectivity index (χ3n) is 6.21. The van der Waals surface area contributed by atoms with Crippen molar-refractivity contribution in [2.24, 2.45) is 0 Å². The normalized spacial score (nSPS) is 13.1. The second-order valence-corrected chi connectivity index (χ2v) is 8.48. The standard InChI is InChI=1S/C27H32N4O3/c1-30(2)21-11-9-20(10-12-21)25(31-16-15-19-7-5-6-8-24(19)31)18-28-27(32)29-23-14-13-22(33-3)17-26(23)34-4/h5-14,17,25H,15-16,18H2,1-4H3,(H2,28,29,32). The summed E-state index contributed by atoms with van der Waals surface area (Å²) in [5.41, 5.74) is 5.44. The summed E-state index contributed by atoms with van der Waals surface area (Å²) < 4.78 is 10.6. The number of carbonyl (C=O) groups excluding carboxylic acids is 1. The number of hydrogen-bond acceptors (Lipinski definition) is 5. The van der Waals surface area contributed by atoms with Crippen molar-refractivity contribution in [2.75, 3.05) is 56.5 Å². The molecule has 1 heterocycles. The number of benzene rings is 3. The van der Waals surface area contributed by atoms with Gasteiger partial charge in [0.25, 0.3) is 0 Å². The third kappa shape index (κ3) is 5.03. The van der Waals surface area contributed by atoms with E-state index in [-0.39, 0.29) is 12.1 Å². The van der Waals surface area contributed by atoms with Crippen LogP contribution in [0.15, 0.2) is 66.7 Å². The number of nitrogens with zero attached hydrogens (tertiary/aromatic N) is 2. The second-order valence-electron chi connectivity index (χ2n) is 8.48. The first kappa shape index (κ1) is 23.3. The van der Waals surface area contributed by atoms with Gasteiger partial charge in [0.05, 0.1) is 25.9 Å². The zero-order valence-electron chi connectivity index (χ0n) is 20.2. The zero-order chi connectivity index (χ0) is 24.1. The van der Waals surface area contributed by atoms with Gasteiger partial charge in [-0.05, 0) is 47.9 Å². The van der Waals surface area contributed by atoms with E-state index in [2.05, 4.69) is 69.0 Å². The largest absolute Gasteiger partial charge is 0.497 e. The number of amides is 2. The van der Waals surface area contributed by atoms with Gasteiger partial charge in [-0.25, -0.2) is 4.79 Å². The summed E-state index contributed by atoms with van der Waals surface area (Å²) in [7, 11) is 7.22. The molecule has 2 N–H and O–H groups in total. The van der Waals surface area contributed by atoms with Crippen LogP contribution in [0, 0.1) is 0 Å². The molecule has 0 radical (unpaired) electrons. The fourth-order valence-electron chi connectivity index (χ4n) is 4.35. The second kappa shape index (κ2) is 10.4. The van der Waals surface area contributed by atoms with Crippen molar-refractivity contribution >= 4 is 23.1 Å². The van der Waals surface area contributed by atoms with Crippen LogP contribution in [0.2, 0.25) is 0 Å². The van der Waals surface area contributed by atoms with Gasteiger partial charge in [0.15, 0.2) is 0 Å². The number of rotatable bonds is 8. The lowest BCUT2D eigenvalue weighted by atomic mass is 10.0. The highest BCUT2D eigenvalue weighted by molar-refractivity contribution is 5.91. The Morgan fingerprint density at radius 3 is 2.50 bits per heavy atom. The van der Waals surface area contributed by atoms with Gasteiger partial charge in [-0.1, -0.05) is 30.3 Å². The Kier molecular flexibility index (Phi) is 7.11. The molecule has 0 saturated carbocycles. The minimum Gasteiger partial charge on any atom is -0.497 e. The SMILES string of the molecule is COc1ccc(NC(=O)NCC(c2ccc(N(C)C)cc2)N2CCc3ccccc32)c(OC)c1. The van der Waals surface area contributed by atoms with Crippen LogP contribution in [0.25, 0.3) is 0 Å². The molecule has 0 fully saturated rings. The topological polar surface area (TPSA) is 66.1 Å². The van der Waals surface area contributed by atoms with E-state index in [9.17, 15) is 4.79 Å². The van der Waals surface area contributed by atoms with Crippen molar-refractivity contribution in [1.82, 2.24) is 5.32 Å². The predicted octanol–water partition coefficient (Wildman–Crippen LogP) is 4.70. The van der Waals surface area contributed by atoms with Gasteiger partial charge < -0.3 is 29.9 Å². The Balaban J connectivity index is 1.53. The molecule has 4 rings (SSSR count). The first-order valence-corrected chi connectivity index (χ1v) is 11.4. The summed E-state index contributed by atoms with van der Waals surface area (Å²) >= 11 is 0. The van der Waals surface area contributed by atoms with Gasteiger partial charge in [0.1, 0.15) is 11.5 Å². The quantitative estimate of drug-likeness (QED) is 0.510. The molecule has 178 valence electrons. The average Bonchev–Trinajstić information content (AvgIpc) is 3.28. The molecule has 0 aromatic heterocycles. The van der Waals surface area contributed by atoms with Crippen LogP contribution >= 0.6 is 0 Å². The molecule has 0 saturated heterocycles. The highest BCUT2D eigenvalue weighted by Gasteiger charge is 2.27. The molecular weight excluding hydrogens is 428 g/mol. The van der Waals surface area contributed by atoms with E-state index in [4.69, 9.17) is 9.47 Å². The van der Waals surface area contributed by atoms with Crippen molar-refractivity contribution in [2.45, 2.75) is 12.5 Å². The molecular formula is C27H32N4O3. The molecule has 2 amide bonds. The van der Waals surface area contributed by atoms with Crippen molar-refractivity contribution < 1.29 is 14.3 Å². The smallest absolute Gasteiger partial charge is 0.319 e. The maximum Gasteiger partial charge on any atom is 0.319 e. The summed E-state index contributed by atoms with van der Waals surface area (Å²) in [6.07, 6.45) is 0.998. The third-order valence-corrected chi connectivity index (χ3v) is 6.21. The number of methoxy groups -OCH3 is 2. The fraction of sp³-hybridized carbons (Fsp3) is 0.296. The molecule has 34 heavy (non-hydrogen) atoms. The highest BCUT2D eigenvalue weighted by Crippen LogP contribution is 2.35. The summed E-state index contributed by atoms with van der Waals surface area (Å²) in [5.74, 6) is 1.20. The van der Waals surface area contributed by atoms with Gasteiger partial charge in [-0.15, -0.1) is 0 Å². The summed E-state index contributed by atoms with van der Waals surface area (Å²) in [6, 6.07) is 22.0. The van der Waals surface area contributed by atoms with E-state index < -0.39 is 0 Å². The van der Waals surface area contributed by atoms with Gasteiger partial charge in [-0.2, -0.15) is 0 Å². The lowest BCUT2D eigenvalue weighted by Gasteiger charge is -2.31. The number of anilines is 3. The minimum atomic E-state index is -0.286. The summed E-state index contributed by atoms with van der Waals surface area (Å²) in [4.78, 5) is 17.3. The van der Waals surface area contributed by atoms with Crippen LogP contribution in [0.4, 0.5) is 21.9 Å². The van der Waals surface area contributed by atoms with E-state index in [0.717, 1.165) is 24.2 Å². The molecule has 7 nitrogen and oxygen atoms in total. The lowest BCUT2D eigenvalue weighted by Crippen LogP contribution is -2.39. The van der Waals surface area contributed by atoms with Crippen LogP contribution < -0.4 is 29.9 Å². The van der Waals surface area contributed by atoms with Gasteiger partial charge in [0.2, 0.25) is 0 Å². The molecule has 0 bridgehead atoms. The first-order valence-electron chi connectivity index (χ1n) is 11.4. The zero-order valence-corrected chi connectivity index (χ0v) is 20.2. The minimum absolute atomic E-state index is 0.00313. The van der Waals surface area contributed by atoms with E-state index >= 15 is 0 Å². The molecule has 3 aromatic carbocycles. The van der Waals surface area contributed by atoms with Crippen molar-refractivity contribution in [3.8, 4) is 11.5 Å².